The number of hydrogen-bond donors (Lipinski definition) is 0. The topological polar surface area (TPSA) is 43.6 Å². The van der Waals surface area contributed by atoms with Gasteiger partial charge in [0.15, 0.2) is 0 Å². The van der Waals surface area contributed by atoms with E-state index in [4.69, 9.17) is 11.6 Å². The van der Waals surface area contributed by atoms with Crippen LogP contribution in [0.4, 0.5) is 0 Å². The molecular formula is C10H11ClN4S. The minimum atomic E-state index is 0.667. The second kappa shape index (κ2) is 5.86. The number of hydrogen-bond acceptors (Lipinski definition) is 4. The van der Waals surface area contributed by atoms with Gasteiger partial charge in [0.1, 0.15) is 0 Å². The van der Waals surface area contributed by atoms with Gasteiger partial charge in [0.25, 0.3) is 0 Å². The first-order valence-electron chi connectivity index (χ1n) is 4.94. The molecule has 0 saturated heterocycles. The van der Waals surface area contributed by atoms with Gasteiger partial charge in [-0.15, -0.1) is 16.7 Å². The minimum absolute atomic E-state index is 0.667. The summed E-state index contributed by atoms with van der Waals surface area (Å²) < 4.78 is 1.74. The van der Waals surface area contributed by atoms with Crippen molar-refractivity contribution in [3.63, 3.8) is 0 Å². The second-order valence-electron chi connectivity index (χ2n) is 3.10. The van der Waals surface area contributed by atoms with Crippen LogP contribution in [0.15, 0.2) is 35.5 Å². The maximum atomic E-state index is 5.63. The van der Waals surface area contributed by atoms with Crippen molar-refractivity contribution < 1.29 is 0 Å². The van der Waals surface area contributed by atoms with Crippen molar-refractivity contribution in [2.45, 2.75) is 11.6 Å². The van der Waals surface area contributed by atoms with Crippen molar-refractivity contribution >= 4 is 23.4 Å². The fourth-order valence-electron chi connectivity index (χ4n) is 1.22. The summed E-state index contributed by atoms with van der Waals surface area (Å²) in [5.41, 5.74) is 0.973. The average Bonchev–Trinajstić information content (AvgIpc) is 2.79. The van der Waals surface area contributed by atoms with Crippen LogP contribution in [0.3, 0.4) is 0 Å². The Kier molecular flexibility index (Phi) is 4.18. The maximum Gasteiger partial charge on any atom is 0.214 e. The molecule has 4 nitrogen and oxygen atoms in total. The molecule has 0 unspecified atom stereocenters. The molecule has 6 heteroatoms. The smallest absolute Gasteiger partial charge is 0.188 e. The molecule has 0 atom stereocenters. The van der Waals surface area contributed by atoms with Crippen LogP contribution in [0.25, 0.3) is 5.69 Å². The Balaban J connectivity index is 2.13. The number of benzene rings is 1. The second-order valence-corrected chi connectivity index (χ2v) is 4.54. The summed E-state index contributed by atoms with van der Waals surface area (Å²) in [5, 5.41) is 12.4. The Bertz CT molecular complexity index is 431. The highest BCUT2D eigenvalue weighted by Crippen LogP contribution is 2.18. The average molecular weight is 255 g/mol. The van der Waals surface area contributed by atoms with Crippen molar-refractivity contribution in [2.75, 3.05) is 11.6 Å². The summed E-state index contributed by atoms with van der Waals surface area (Å²) in [4.78, 5) is 0. The van der Waals surface area contributed by atoms with Gasteiger partial charge in [0.2, 0.25) is 5.16 Å². The summed E-state index contributed by atoms with van der Waals surface area (Å²) >= 11 is 7.24. The molecule has 0 bridgehead atoms. The molecule has 2 rings (SSSR count). The quantitative estimate of drug-likeness (QED) is 0.467. The lowest BCUT2D eigenvalue weighted by atomic mass is 10.3. The first kappa shape index (κ1) is 11.4. The van der Waals surface area contributed by atoms with E-state index < -0.39 is 0 Å². The van der Waals surface area contributed by atoms with E-state index in [1.165, 1.54) is 0 Å². The van der Waals surface area contributed by atoms with E-state index in [2.05, 4.69) is 15.5 Å². The summed E-state index contributed by atoms with van der Waals surface area (Å²) in [7, 11) is 0. The van der Waals surface area contributed by atoms with E-state index in [-0.39, 0.29) is 0 Å². The number of nitrogens with zero attached hydrogens (tertiary/aromatic N) is 4. The third-order valence-corrected chi connectivity index (χ3v) is 3.22. The lowest BCUT2D eigenvalue weighted by Crippen LogP contribution is -1.98. The molecule has 0 saturated carbocycles. The van der Waals surface area contributed by atoms with Gasteiger partial charge in [-0.3, -0.25) is 0 Å². The highest BCUT2D eigenvalue weighted by atomic mass is 35.5. The largest absolute Gasteiger partial charge is 0.214 e. The molecule has 0 radical (unpaired) electrons. The summed E-state index contributed by atoms with van der Waals surface area (Å²) in [6, 6.07) is 9.84. The summed E-state index contributed by atoms with van der Waals surface area (Å²) in [6.45, 7) is 0. The van der Waals surface area contributed by atoms with Crippen molar-refractivity contribution in [1.29, 1.82) is 0 Å². The number of rotatable bonds is 5. The van der Waals surface area contributed by atoms with Gasteiger partial charge in [-0.1, -0.05) is 30.0 Å². The normalized spacial score (nSPS) is 10.6. The van der Waals surface area contributed by atoms with Crippen LogP contribution in [0, 0.1) is 0 Å². The SMILES string of the molecule is ClCCCSc1nnnn1-c1ccccc1. The Morgan fingerprint density at radius 3 is 2.81 bits per heavy atom. The number of halogens is 1. The Morgan fingerprint density at radius 1 is 1.25 bits per heavy atom. The summed E-state index contributed by atoms with van der Waals surface area (Å²) in [6.07, 6.45) is 0.952. The predicted molar refractivity (Wildman–Crippen MR) is 65.2 cm³/mol. The van der Waals surface area contributed by atoms with Crippen molar-refractivity contribution in [3.05, 3.63) is 30.3 Å². The third-order valence-electron chi connectivity index (χ3n) is 1.95. The maximum absolute atomic E-state index is 5.63. The molecular weight excluding hydrogens is 244 g/mol. The third kappa shape index (κ3) is 2.74. The zero-order valence-electron chi connectivity index (χ0n) is 8.58. The predicted octanol–water partition coefficient (Wildman–Crippen LogP) is 2.38. The zero-order valence-corrected chi connectivity index (χ0v) is 10.2. The van der Waals surface area contributed by atoms with Gasteiger partial charge in [0.05, 0.1) is 5.69 Å². The van der Waals surface area contributed by atoms with Crippen LogP contribution >= 0.6 is 23.4 Å². The molecule has 0 aliphatic rings. The van der Waals surface area contributed by atoms with E-state index in [0.717, 1.165) is 23.0 Å². The lowest BCUT2D eigenvalue weighted by molar-refractivity contribution is 0.756. The Hall–Kier alpha value is -1.07. The van der Waals surface area contributed by atoms with Gasteiger partial charge < -0.3 is 0 Å². The van der Waals surface area contributed by atoms with Gasteiger partial charge >= 0.3 is 0 Å². The Morgan fingerprint density at radius 2 is 2.06 bits per heavy atom. The van der Waals surface area contributed by atoms with E-state index in [0.29, 0.717) is 5.88 Å². The number of alkyl halides is 1. The summed E-state index contributed by atoms with van der Waals surface area (Å²) in [5.74, 6) is 1.59. The fourth-order valence-corrected chi connectivity index (χ4v) is 2.34. The molecule has 2 aromatic rings. The molecule has 1 heterocycles. The standard InChI is InChI=1S/C10H11ClN4S/c11-7-4-8-16-10-12-13-14-15(10)9-5-2-1-3-6-9/h1-3,5-6H,4,7-8H2. The lowest BCUT2D eigenvalue weighted by Gasteiger charge is -2.02. The van der Waals surface area contributed by atoms with Crippen LogP contribution in [0.1, 0.15) is 6.42 Å². The van der Waals surface area contributed by atoms with Crippen molar-refractivity contribution in [2.24, 2.45) is 0 Å². The van der Waals surface area contributed by atoms with Gasteiger partial charge in [-0.05, 0) is 29.0 Å². The molecule has 0 aliphatic carbocycles. The van der Waals surface area contributed by atoms with Gasteiger partial charge in [-0.2, -0.15) is 4.68 Å². The van der Waals surface area contributed by atoms with E-state index in [9.17, 15) is 0 Å². The van der Waals surface area contributed by atoms with Gasteiger partial charge in [0, 0.05) is 11.6 Å². The van der Waals surface area contributed by atoms with E-state index in [1.807, 2.05) is 30.3 Å². The highest BCUT2D eigenvalue weighted by molar-refractivity contribution is 7.99. The van der Waals surface area contributed by atoms with Crippen molar-refractivity contribution in [3.8, 4) is 5.69 Å². The van der Waals surface area contributed by atoms with Crippen LogP contribution < -0.4 is 0 Å². The number of thioether (sulfide) groups is 1. The minimum Gasteiger partial charge on any atom is -0.188 e. The molecule has 0 spiro atoms. The molecule has 1 aromatic heterocycles. The molecule has 0 N–H and O–H groups in total. The zero-order chi connectivity index (χ0) is 11.2. The van der Waals surface area contributed by atoms with E-state index in [1.54, 1.807) is 16.4 Å². The number of tetrazole rings is 1. The van der Waals surface area contributed by atoms with Crippen LogP contribution in [-0.2, 0) is 0 Å². The van der Waals surface area contributed by atoms with Crippen LogP contribution in [0.5, 0.6) is 0 Å². The number of para-hydroxylation sites is 1. The van der Waals surface area contributed by atoms with Crippen LogP contribution in [0.2, 0.25) is 0 Å². The van der Waals surface area contributed by atoms with Crippen molar-refractivity contribution in [1.82, 2.24) is 20.2 Å². The molecule has 0 fully saturated rings. The fraction of sp³-hybridized carbons (Fsp3) is 0.300. The molecule has 84 valence electrons. The van der Waals surface area contributed by atoms with E-state index >= 15 is 0 Å². The Labute approximate surface area is 103 Å². The monoisotopic (exact) mass is 254 g/mol. The molecule has 0 aliphatic heterocycles. The van der Waals surface area contributed by atoms with Gasteiger partial charge in [-0.25, -0.2) is 0 Å². The van der Waals surface area contributed by atoms with Crippen LogP contribution in [-0.4, -0.2) is 31.8 Å². The first-order valence-corrected chi connectivity index (χ1v) is 6.46. The number of aromatic nitrogens is 4. The molecule has 16 heavy (non-hydrogen) atoms. The molecule has 0 amide bonds. The molecule has 1 aromatic carbocycles. The first-order chi connectivity index (χ1) is 7.92. The highest BCUT2D eigenvalue weighted by Gasteiger charge is 2.07.